The number of rotatable bonds is 4. The molecular formula is C14H14Cl2N2O. The van der Waals surface area contributed by atoms with Crippen molar-refractivity contribution in [3.05, 3.63) is 57.8 Å². The van der Waals surface area contributed by atoms with Gasteiger partial charge < -0.3 is 10.5 Å². The van der Waals surface area contributed by atoms with E-state index in [4.69, 9.17) is 33.7 Å². The third kappa shape index (κ3) is 3.38. The molecule has 0 amide bonds. The molecule has 0 bridgehead atoms. The van der Waals surface area contributed by atoms with E-state index in [-0.39, 0.29) is 6.04 Å². The van der Waals surface area contributed by atoms with Gasteiger partial charge in [-0.05, 0) is 30.7 Å². The summed E-state index contributed by atoms with van der Waals surface area (Å²) in [5.41, 5.74) is 7.68. The summed E-state index contributed by atoms with van der Waals surface area (Å²) in [4.78, 5) is 4.19. The van der Waals surface area contributed by atoms with Gasteiger partial charge in [0, 0.05) is 6.20 Å². The van der Waals surface area contributed by atoms with E-state index in [1.165, 1.54) is 6.20 Å². The van der Waals surface area contributed by atoms with Crippen molar-refractivity contribution >= 4 is 23.2 Å². The Morgan fingerprint density at radius 2 is 1.95 bits per heavy atom. The van der Waals surface area contributed by atoms with Crippen molar-refractivity contribution in [1.29, 1.82) is 0 Å². The van der Waals surface area contributed by atoms with Crippen LogP contribution in [-0.4, -0.2) is 11.6 Å². The molecule has 1 heterocycles. The summed E-state index contributed by atoms with van der Waals surface area (Å²) in [6.07, 6.45) is 1.54. The minimum Gasteiger partial charge on any atom is -0.494 e. The van der Waals surface area contributed by atoms with Crippen molar-refractivity contribution in [2.75, 3.05) is 6.61 Å². The van der Waals surface area contributed by atoms with Crippen LogP contribution in [0.15, 0.2) is 36.5 Å². The summed E-state index contributed by atoms with van der Waals surface area (Å²) in [5.74, 6) is 0.814. The van der Waals surface area contributed by atoms with Crippen LogP contribution in [0.3, 0.4) is 0 Å². The first kappa shape index (κ1) is 14.1. The van der Waals surface area contributed by atoms with E-state index in [1.54, 1.807) is 6.07 Å². The Balaban J connectivity index is 2.25. The molecule has 1 aromatic carbocycles. The molecule has 2 aromatic rings. The molecule has 1 aromatic heterocycles. The summed E-state index contributed by atoms with van der Waals surface area (Å²) in [6, 6.07) is 8.82. The van der Waals surface area contributed by atoms with Gasteiger partial charge in [0.25, 0.3) is 0 Å². The zero-order chi connectivity index (χ0) is 13.8. The molecule has 100 valence electrons. The number of benzene rings is 1. The lowest BCUT2D eigenvalue weighted by Crippen LogP contribution is -2.14. The molecule has 0 aliphatic heterocycles. The van der Waals surface area contributed by atoms with E-state index in [2.05, 4.69) is 4.98 Å². The normalized spacial score (nSPS) is 12.2. The molecule has 1 unspecified atom stereocenters. The van der Waals surface area contributed by atoms with Crippen molar-refractivity contribution in [2.24, 2.45) is 5.73 Å². The third-order valence-corrected chi connectivity index (χ3v) is 3.19. The van der Waals surface area contributed by atoms with Crippen LogP contribution in [0.4, 0.5) is 0 Å². The molecular weight excluding hydrogens is 283 g/mol. The molecule has 1 atom stereocenters. The Labute approximate surface area is 122 Å². The molecule has 2 N–H and O–H groups in total. The lowest BCUT2D eigenvalue weighted by Gasteiger charge is -2.14. The molecule has 0 saturated heterocycles. The second-order valence-corrected chi connectivity index (χ2v) is 4.84. The van der Waals surface area contributed by atoms with Crippen LogP contribution in [0.1, 0.15) is 24.2 Å². The average Bonchev–Trinajstić information content (AvgIpc) is 2.39. The fraction of sp³-hybridized carbons (Fsp3) is 0.214. The van der Waals surface area contributed by atoms with Crippen LogP contribution < -0.4 is 10.5 Å². The van der Waals surface area contributed by atoms with Gasteiger partial charge in [-0.2, -0.15) is 0 Å². The molecule has 0 spiro atoms. The Morgan fingerprint density at radius 3 is 2.53 bits per heavy atom. The number of hydrogen-bond acceptors (Lipinski definition) is 3. The smallest absolute Gasteiger partial charge is 0.119 e. The fourth-order valence-corrected chi connectivity index (χ4v) is 2.25. The van der Waals surface area contributed by atoms with Crippen molar-refractivity contribution in [3.63, 3.8) is 0 Å². The predicted octanol–water partition coefficient (Wildman–Crippen LogP) is 3.84. The van der Waals surface area contributed by atoms with E-state index in [0.717, 1.165) is 11.3 Å². The fourth-order valence-electron chi connectivity index (χ4n) is 1.75. The second-order valence-electron chi connectivity index (χ2n) is 4.00. The SMILES string of the molecule is CCOc1ccc(C(N)c2ncc(Cl)cc2Cl)cc1. The maximum absolute atomic E-state index is 6.16. The van der Waals surface area contributed by atoms with E-state index < -0.39 is 0 Å². The minimum atomic E-state index is -0.388. The van der Waals surface area contributed by atoms with Gasteiger partial charge in [-0.1, -0.05) is 35.3 Å². The molecule has 2 rings (SSSR count). The highest BCUT2D eigenvalue weighted by atomic mass is 35.5. The largest absolute Gasteiger partial charge is 0.494 e. The third-order valence-electron chi connectivity index (χ3n) is 2.68. The average molecular weight is 297 g/mol. The highest BCUT2D eigenvalue weighted by Gasteiger charge is 2.14. The molecule has 19 heavy (non-hydrogen) atoms. The highest BCUT2D eigenvalue weighted by molar-refractivity contribution is 6.34. The number of pyridine rings is 1. The lowest BCUT2D eigenvalue weighted by molar-refractivity contribution is 0.340. The molecule has 0 saturated carbocycles. The molecule has 3 nitrogen and oxygen atoms in total. The van der Waals surface area contributed by atoms with E-state index in [9.17, 15) is 0 Å². The van der Waals surface area contributed by atoms with Crippen LogP contribution in [0.2, 0.25) is 10.0 Å². The van der Waals surface area contributed by atoms with Crippen molar-refractivity contribution in [2.45, 2.75) is 13.0 Å². The first-order chi connectivity index (χ1) is 9.11. The van der Waals surface area contributed by atoms with Gasteiger partial charge in [-0.25, -0.2) is 0 Å². The Hall–Kier alpha value is -1.29. The van der Waals surface area contributed by atoms with Crippen LogP contribution in [0, 0.1) is 0 Å². The highest BCUT2D eigenvalue weighted by Crippen LogP contribution is 2.27. The van der Waals surface area contributed by atoms with Gasteiger partial charge in [0.2, 0.25) is 0 Å². The number of aromatic nitrogens is 1. The standard InChI is InChI=1S/C14H14Cl2N2O/c1-2-19-11-5-3-9(4-6-11)13(17)14-12(16)7-10(15)8-18-14/h3-8,13H,2,17H2,1H3. The molecule has 0 radical (unpaired) electrons. The molecule has 5 heteroatoms. The number of nitrogens with two attached hydrogens (primary N) is 1. The van der Waals surface area contributed by atoms with Crippen molar-refractivity contribution in [1.82, 2.24) is 4.98 Å². The van der Waals surface area contributed by atoms with Gasteiger partial charge in [0.1, 0.15) is 5.75 Å². The maximum Gasteiger partial charge on any atom is 0.119 e. The maximum atomic E-state index is 6.16. The van der Waals surface area contributed by atoms with Crippen LogP contribution in [0.5, 0.6) is 5.75 Å². The second kappa shape index (κ2) is 6.24. The summed E-state index contributed by atoms with van der Waals surface area (Å²) in [6.45, 7) is 2.58. The topological polar surface area (TPSA) is 48.1 Å². The van der Waals surface area contributed by atoms with Gasteiger partial charge in [0.15, 0.2) is 0 Å². The minimum absolute atomic E-state index is 0.388. The Morgan fingerprint density at radius 1 is 1.26 bits per heavy atom. The lowest BCUT2D eigenvalue weighted by atomic mass is 10.0. The summed E-state index contributed by atoms with van der Waals surface area (Å²) >= 11 is 11.9. The van der Waals surface area contributed by atoms with Gasteiger partial charge in [-0.3, -0.25) is 4.98 Å². The Kier molecular flexibility index (Phi) is 4.64. The van der Waals surface area contributed by atoms with Crippen LogP contribution in [-0.2, 0) is 0 Å². The zero-order valence-corrected chi connectivity index (χ0v) is 11.9. The van der Waals surface area contributed by atoms with Gasteiger partial charge >= 0.3 is 0 Å². The number of hydrogen-bond donors (Lipinski definition) is 1. The van der Waals surface area contributed by atoms with E-state index in [1.807, 2.05) is 31.2 Å². The van der Waals surface area contributed by atoms with Crippen LogP contribution >= 0.6 is 23.2 Å². The van der Waals surface area contributed by atoms with Gasteiger partial charge in [-0.15, -0.1) is 0 Å². The summed E-state index contributed by atoms with van der Waals surface area (Å²) in [5, 5.41) is 0.960. The summed E-state index contributed by atoms with van der Waals surface area (Å²) in [7, 11) is 0. The van der Waals surface area contributed by atoms with E-state index >= 15 is 0 Å². The monoisotopic (exact) mass is 296 g/mol. The molecule has 0 aliphatic rings. The van der Waals surface area contributed by atoms with E-state index in [0.29, 0.717) is 22.3 Å². The van der Waals surface area contributed by atoms with Gasteiger partial charge in [0.05, 0.1) is 28.4 Å². The number of ether oxygens (including phenoxy) is 1. The predicted molar refractivity (Wildman–Crippen MR) is 77.9 cm³/mol. The first-order valence-corrected chi connectivity index (χ1v) is 6.66. The Bertz CT molecular complexity index is 558. The zero-order valence-electron chi connectivity index (χ0n) is 10.4. The molecule has 0 fully saturated rings. The van der Waals surface area contributed by atoms with Crippen LogP contribution in [0.25, 0.3) is 0 Å². The first-order valence-electron chi connectivity index (χ1n) is 5.91. The molecule has 0 aliphatic carbocycles. The van der Waals surface area contributed by atoms with Crippen molar-refractivity contribution < 1.29 is 4.74 Å². The number of halogens is 2. The quantitative estimate of drug-likeness (QED) is 0.933. The summed E-state index contributed by atoms with van der Waals surface area (Å²) < 4.78 is 5.39. The van der Waals surface area contributed by atoms with Crippen molar-refractivity contribution in [3.8, 4) is 5.75 Å². The number of nitrogens with zero attached hydrogens (tertiary/aromatic N) is 1.